The number of esters is 2. The molecule has 1 amide bonds. The fourth-order valence-electron chi connectivity index (χ4n) is 4.34. The van der Waals surface area contributed by atoms with Gasteiger partial charge in [0.25, 0.3) is 11.5 Å². The van der Waals surface area contributed by atoms with Gasteiger partial charge in [-0.3, -0.25) is 19.4 Å². The minimum atomic E-state index is -0.968. The maximum Gasteiger partial charge on any atom is 0.328 e. The number of carbonyl (C=O) groups is 3. The molecule has 2 aliphatic rings. The van der Waals surface area contributed by atoms with E-state index < -0.39 is 23.9 Å². The molecule has 13 heteroatoms. The van der Waals surface area contributed by atoms with Gasteiger partial charge in [0.15, 0.2) is 0 Å². The molecule has 0 radical (unpaired) electrons. The molecule has 0 saturated carbocycles. The number of aromatic amines is 1. The summed E-state index contributed by atoms with van der Waals surface area (Å²) in [4.78, 5) is 60.4. The Labute approximate surface area is 217 Å². The van der Waals surface area contributed by atoms with Crippen LogP contribution in [0.5, 0.6) is 0 Å². The number of nitrogens with one attached hydrogen (secondary N) is 2. The number of hydrogen-bond acceptors (Lipinski definition) is 11. The predicted octanol–water partition coefficient (Wildman–Crippen LogP) is 1.12. The van der Waals surface area contributed by atoms with Gasteiger partial charge in [-0.05, 0) is 44.5 Å². The summed E-state index contributed by atoms with van der Waals surface area (Å²) in [6.07, 6.45) is 0.0567. The molecule has 2 atom stereocenters. The zero-order valence-corrected chi connectivity index (χ0v) is 21.5. The average Bonchev–Trinajstić information content (AvgIpc) is 3.31. The third-order valence-electron chi connectivity index (χ3n) is 6.09. The van der Waals surface area contributed by atoms with Crippen molar-refractivity contribution in [3.8, 4) is 0 Å². The van der Waals surface area contributed by atoms with Crippen LogP contribution in [-0.4, -0.2) is 72.1 Å². The number of rotatable bonds is 9. The van der Waals surface area contributed by atoms with Gasteiger partial charge < -0.3 is 30.3 Å². The van der Waals surface area contributed by atoms with Crippen LogP contribution in [0.25, 0.3) is 0 Å². The first-order chi connectivity index (χ1) is 17.8. The first kappa shape index (κ1) is 26.3. The second-order valence-electron chi connectivity index (χ2n) is 8.57. The van der Waals surface area contributed by atoms with Gasteiger partial charge in [-0.15, -0.1) is 11.8 Å². The van der Waals surface area contributed by atoms with Gasteiger partial charge in [-0.25, -0.2) is 9.78 Å². The van der Waals surface area contributed by atoms with E-state index in [1.54, 1.807) is 26.0 Å². The zero-order valence-electron chi connectivity index (χ0n) is 20.7. The number of nitrogens with two attached hydrogens (primary N) is 1. The Morgan fingerprint density at radius 3 is 2.65 bits per heavy atom. The highest BCUT2D eigenvalue weighted by atomic mass is 32.2. The highest BCUT2D eigenvalue weighted by Gasteiger charge is 2.37. The number of thioether (sulfide) groups is 1. The topological polar surface area (TPSA) is 160 Å². The van der Waals surface area contributed by atoms with Crippen LogP contribution in [0.1, 0.15) is 37.0 Å². The molecule has 4 N–H and O–H groups in total. The Morgan fingerprint density at radius 1 is 1.22 bits per heavy atom. The fourth-order valence-corrected chi connectivity index (χ4v) is 5.48. The second-order valence-corrected chi connectivity index (χ2v) is 9.58. The van der Waals surface area contributed by atoms with Crippen molar-refractivity contribution in [3.05, 3.63) is 40.2 Å². The van der Waals surface area contributed by atoms with Gasteiger partial charge in [-0.1, -0.05) is 0 Å². The number of nitrogens with zero attached hydrogens (tertiary/aromatic N) is 3. The molecule has 2 aromatic rings. The first-order valence-corrected chi connectivity index (χ1v) is 13.1. The number of H-pyrrole nitrogens is 1. The summed E-state index contributed by atoms with van der Waals surface area (Å²) >= 11 is 1.52. The van der Waals surface area contributed by atoms with Crippen molar-refractivity contribution in [1.82, 2.24) is 15.3 Å². The summed E-state index contributed by atoms with van der Waals surface area (Å²) in [5.74, 6) is -0.617. The number of anilines is 3. The number of benzene rings is 1. The van der Waals surface area contributed by atoms with Gasteiger partial charge in [-0.2, -0.15) is 0 Å². The third-order valence-corrected chi connectivity index (χ3v) is 7.20. The minimum absolute atomic E-state index is 0.0183. The molecule has 0 spiro atoms. The Hall–Kier alpha value is -3.74. The van der Waals surface area contributed by atoms with Crippen LogP contribution in [0.15, 0.2) is 34.1 Å². The number of nitrogen functional groups attached to an aromatic ring is 1. The maximum absolute atomic E-state index is 12.9. The number of hydrogen-bond donors (Lipinski definition) is 3. The highest BCUT2D eigenvalue weighted by molar-refractivity contribution is 7.99. The minimum Gasteiger partial charge on any atom is -0.466 e. The summed E-state index contributed by atoms with van der Waals surface area (Å²) in [5, 5.41) is 3.30. The summed E-state index contributed by atoms with van der Waals surface area (Å²) in [6, 6.07) is 6.16. The van der Waals surface area contributed by atoms with Gasteiger partial charge in [0.05, 0.1) is 25.9 Å². The van der Waals surface area contributed by atoms with Crippen LogP contribution in [0.4, 0.5) is 17.3 Å². The van der Waals surface area contributed by atoms with E-state index in [9.17, 15) is 19.2 Å². The molecule has 1 aromatic heterocycles. The number of carbonyl (C=O) groups excluding carboxylic acids is 3. The van der Waals surface area contributed by atoms with Crippen molar-refractivity contribution in [3.63, 3.8) is 0 Å². The molecule has 3 heterocycles. The lowest BCUT2D eigenvalue weighted by Gasteiger charge is -2.29. The number of amides is 1. The van der Waals surface area contributed by atoms with E-state index in [0.717, 1.165) is 11.4 Å². The Balaban J connectivity index is 1.42. The molecule has 0 aliphatic carbocycles. The van der Waals surface area contributed by atoms with Crippen LogP contribution >= 0.6 is 11.8 Å². The molecule has 1 fully saturated rings. The van der Waals surface area contributed by atoms with E-state index in [0.29, 0.717) is 29.5 Å². The quantitative estimate of drug-likeness (QED) is 0.315. The molecule has 1 unspecified atom stereocenters. The lowest BCUT2D eigenvalue weighted by Crippen LogP contribution is -2.42. The standard InChI is InChI=1S/C24H30N6O6S/c1-3-35-18(31)10-9-17(23(34)36-4-2)26-20(32)14-5-7-15(8-6-14)29-11-16-12-37-22-19(30(16)13-29)21(33)27-24(25)28-22/h5-8,16-17H,3-4,9-13H2,1-2H3,(H,26,32)(H3,25,27,28,33)/t16?,17-/m0/s1. The number of ether oxygens (including phenoxy) is 2. The Morgan fingerprint density at radius 2 is 1.95 bits per heavy atom. The van der Waals surface area contributed by atoms with Crippen molar-refractivity contribution in [2.75, 3.05) is 47.7 Å². The van der Waals surface area contributed by atoms with Crippen LogP contribution in [0, 0.1) is 0 Å². The first-order valence-electron chi connectivity index (χ1n) is 12.1. The van der Waals surface area contributed by atoms with Crippen LogP contribution in [0.3, 0.4) is 0 Å². The molecule has 1 saturated heterocycles. The smallest absolute Gasteiger partial charge is 0.328 e. The molecular formula is C24H30N6O6S. The summed E-state index contributed by atoms with van der Waals surface area (Å²) < 4.78 is 9.96. The number of fused-ring (bicyclic) bond motifs is 3. The lowest BCUT2D eigenvalue weighted by molar-refractivity contribution is -0.146. The summed E-state index contributed by atoms with van der Waals surface area (Å²) in [6.45, 7) is 4.98. The van der Waals surface area contributed by atoms with Gasteiger partial charge >= 0.3 is 11.9 Å². The second kappa shape index (κ2) is 11.5. The van der Waals surface area contributed by atoms with Crippen molar-refractivity contribution < 1.29 is 23.9 Å². The van der Waals surface area contributed by atoms with Crippen LogP contribution in [0.2, 0.25) is 0 Å². The lowest BCUT2D eigenvalue weighted by atomic mass is 10.1. The summed E-state index contributed by atoms with van der Waals surface area (Å²) in [7, 11) is 0. The van der Waals surface area contributed by atoms with Crippen LogP contribution < -0.4 is 26.4 Å². The van der Waals surface area contributed by atoms with Gasteiger partial charge in [0.2, 0.25) is 5.95 Å². The molecule has 198 valence electrons. The maximum atomic E-state index is 12.9. The normalized spacial score (nSPS) is 17.0. The zero-order chi connectivity index (χ0) is 26.5. The van der Waals surface area contributed by atoms with Crippen molar-refractivity contribution in [2.45, 2.75) is 43.8 Å². The van der Waals surface area contributed by atoms with E-state index >= 15 is 0 Å². The molecule has 1 aromatic carbocycles. The van der Waals surface area contributed by atoms with E-state index in [1.807, 2.05) is 17.0 Å². The SMILES string of the molecule is CCOC(=O)CC[C@H](NC(=O)c1ccc(N2CC3CSc4nc(N)[nH]c(=O)c4N3C2)cc1)C(=O)OCC. The highest BCUT2D eigenvalue weighted by Crippen LogP contribution is 2.37. The summed E-state index contributed by atoms with van der Waals surface area (Å²) in [5.41, 5.74) is 7.22. The molecule has 2 aliphatic heterocycles. The van der Waals surface area contributed by atoms with Gasteiger partial charge in [0.1, 0.15) is 16.8 Å². The van der Waals surface area contributed by atoms with E-state index in [2.05, 4.69) is 20.2 Å². The molecular weight excluding hydrogens is 500 g/mol. The van der Waals surface area contributed by atoms with Crippen molar-refractivity contribution in [2.24, 2.45) is 0 Å². The molecule has 4 rings (SSSR count). The number of aromatic nitrogens is 2. The van der Waals surface area contributed by atoms with Crippen molar-refractivity contribution in [1.29, 1.82) is 0 Å². The average molecular weight is 531 g/mol. The van der Waals surface area contributed by atoms with Crippen LogP contribution in [-0.2, 0) is 19.1 Å². The van der Waals surface area contributed by atoms with E-state index in [4.69, 9.17) is 15.2 Å². The largest absolute Gasteiger partial charge is 0.466 e. The Bertz CT molecular complexity index is 1220. The van der Waals surface area contributed by atoms with E-state index in [1.165, 1.54) is 11.8 Å². The predicted molar refractivity (Wildman–Crippen MR) is 139 cm³/mol. The Kier molecular flexibility index (Phi) is 8.21. The van der Waals surface area contributed by atoms with E-state index in [-0.39, 0.29) is 43.6 Å². The fraction of sp³-hybridized carbons (Fsp3) is 0.458. The molecule has 37 heavy (non-hydrogen) atoms. The monoisotopic (exact) mass is 530 g/mol. The third kappa shape index (κ3) is 5.98. The molecule has 0 bridgehead atoms. The van der Waals surface area contributed by atoms with Gasteiger partial charge in [0, 0.05) is 30.0 Å². The molecule has 12 nitrogen and oxygen atoms in total. The van der Waals surface area contributed by atoms with Crippen molar-refractivity contribution >= 4 is 46.9 Å².